The van der Waals surface area contributed by atoms with Crippen molar-refractivity contribution in [3.63, 3.8) is 0 Å². The Bertz CT molecular complexity index is 349. The minimum atomic E-state index is 0.354. The van der Waals surface area contributed by atoms with Gasteiger partial charge in [0.15, 0.2) is 0 Å². The van der Waals surface area contributed by atoms with Crippen molar-refractivity contribution in [1.29, 1.82) is 0 Å². The van der Waals surface area contributed by atoms with Crippen LogP contribution in [0.1, 0.15) is 32.1 Å². The van der Waals surface area contributed by atoms with Crippen molar-refractivity contribution in [2.24, 2.45) is 0 Å². The summed E-state index contributed by atoms with van der Waals surface area (Å²) < 4.78 is 5.26. The summed E-state index contributed by atoms with van der Waals surface area (Å²) in [5.74, 6) is 1.14. The summed E-state index contributed by atoms with van der Waals surface area (Å²) in [5.41, 5.74) is 0.354. The van der Waals surface area contributed by atoms with Crippen LogP contribution in [-0.2, 0) is 4.74 Å². The average Bonchev–Trinajstić information content (AvgIpc) is 2.92. The highest BCUT2D eigenvalue weighted by atomic mass is 32.2. The van der Waals surface area contributed by atoms with Gasteiger partial charge in [0.1, 0.15) is 0 Å². The quantitative estimate of drug-likeness (QED) is 0.579. The van der Waals surface area contributed by atoms with Crippen molar-refractivity contribution < 1.29 is 4.74 Å². The Morgan fingerprint density at radius 3 is 2.63 bits per heavy atom. The van der Waals surface area contributed by atoms with Gasteiger partial charge in [-0.25, -0.2) is 0 Å². The van der Waals surface area contributed by atoms with Crippen molar-refractivity contribution in [2.75, 3.05) is 26.0 Å². The third-order valence-corrected chi connectivity index (χ3v) is 4.97. The summed E-state index contributed by atoms with van der Waals surface area (Å²) in [5, 5.41) is 3.80. The zero-order chi connectivity index (χ0) is 13.4. The average molecular weight is 279 g/mol. The maximum Gasteiger partial charge on any atom is 0.0479 e. The molecule has 0 radical (unpaired) electrons. The van der Waals surface area contributed by atoms with Gasteiger partial charge in [0.25, 0.3) is 0 Å². The highest BCUT2D eigenvalue weighted by Crippen LogP contribution is 2.32. The van der Waals surface area contributed by atoms with Gasteiger partial charge < -0.3 is 10.1 Å². The number of hydrogen-bond acceptors (Lipinski definition) is 3. The Balaban J connectivity index is 1.70. The van der Waals surface area contributed by atoms with Crippen LogP contribution in [-0.4, -0.2) is 31.6 Å². The molecule has 106 valence electrons. The normalized spacial score (nSPS) is 17.7. The molecule has 1 aromatic rings. The Hall–Kier alpha value is -0.510. The molecule has 0 bridgehead atoms. The van der Waals surface area contributed by atoms with Gasteiger partial charge >= 0.3 is 0 Å². The molecule has 1 aliphatic carbocycles. The summed E-state index contributed by atoms with van der Waals surface area (Å²) in [6, 6.07) is 10.6. The maximum atomic E-state index is 5.26. The van der Waals surface area contributed by atoms with E-state index in [1.165, 1.54) is 30.6 Å². The fourth-order valence-electron chi connectivity index (χ4n) is 2.87. The topological polar surface area (TPSA) is 21.3 Å². The van der Waals surface area contributed by atoms with Crippen LogP contribution >= 0.6 is 11.8 Å². The van der Waals surface area contributed by atoms with E-state index < -0.39 is 0 Å². The predicted molar refractivity (Wildman–Crippen MR) is 82.9 cm³/mol. The largest absolute Gasteiger partial charge is 0.385 e. The van der Waals surface area contributed by atoms with E-state index in [1.54, 1.807) is 7.11 Å². The van der Waals surface area contributed by atoms with Gasteiger partial charge in [-0.05, 0) is 31.4 Å². The lowest BCUT2D eigenvalue weighted by atomic mass is 9.94. The van der Waals surface area contributed by atoms with E-state index in [9.17, 15) is 0 Å². The lowest BCUT2D eigenvalue weighted by Crippen LogP contribution is -2.44. The molecule has 1 N–H and O–H groups in total. The molecule has 0 unspecified atom stereocenters. The molecule has 0 heterocycles. The third-order valence-electron chi connectivity index (χ3n) is 3.96. The Labute approximate surface area is 121 Å². The zero-order valence-corrected chi connectivity index (χ0v) is 12.7. The maximum absolute atomic E-state index is 5.26. The molecule has 0 aliphatic heterocycles. The summed E-state index contributed by atoms with van der Waals surface area (Å²) >= 11 is 1.93. The number of benzene rings is 1. The lowest BCUT2D eigenvalue weighted by Gasteiger charge is -2.30. The number of nitrogens with one attached hydrogen (secondary N) is 1. The molecule has 3 heteroatoms. The van der Waals surface area contributed by atoms with Crippen molar-refractivity contribution in [3.05, 3.63) is 30.3 Å². The van der Waals surface area contributed by atoms with Gasteiger partial charge in [0.2, 0.25) is 0 Å². The molecule has 19 heavy (non-hydrogen) atoms. The fraction of sp³-hybridized carbons (Fsp3) is 0.625. The zero-order valence-electron chi connectivity index (χ0n) is 11.9. The van der Waals surface area contributed by atoms with Crippen molar-refractivity contribution in [2.45, 2.75) is 42.5 Å². The number of rotatable bonds is 8. The minimum Gasteiger partial charge on any atom is -0.385 e. The first-order valence-corrected chi connectivity index (χ1v) is 8.25. The van der Waals surface area contributed by atoms with Crippen LogP contribution in [0.15, 0.2) is 35.2 Å². The molecule has 2 nitrogen and oxygen atoms in total. The van der Waals surface area contributed by atoms with Gasteiger partial charge in [0.05, 0.1) is 0 Å². The second kappa shape index (κ2) is 7.93. The van der Waals surface area contributed by atoms with E-state index in [-0.39, 0.29) is 0 Å². The molecule has 0 atom stereocenters. The molecule has 1 aromatic carbocycles. The van der Waals surface area contributed by atoms with E-state index in [2.05, 4.69) is 35.6 Å². The summed E-state index contributed by atoms with van der Waals surface area (Å²) in [4.78, 5) is 1.36. The van der Waals surface area contributed by atoms with Crippen LogP contribution in [0.3, 0.4) is 0 Å². The molecule has 0 spiro atoms. The first-order chi connectivity index (χ1) is 9.35. The summed E-state index contributed by atoms with van der Waals surface area (Å²) in [6.45, 7) is 1.96. The van der Waals surface area contributed by atoms with Crippen molar-refractivity contribution in [3.8, 4) is 0 Å². The van der Waals surface area contributed by atoms with Gasteiger partial charge in [-0.1, -0.05) is 31.0 Å². The monoisotopic (exact) mass is 279 g/mol. The molecule has 1 fully saturated rings. The lowest BCUT2D eigenvalue weighted by molar-refractivity contribution is 0.156. The highest BCUT2D eigenvalue weighted by molar-refractivity contribution is 7.99. The Kier molecular flexibility index (Phi) is 6.21. The summed E-state index contributed by atoms with van der Waals surface area (Å²) in [7, 11) is 1.80. The highest BCUT2D eigenvalue weighted by Gasteiger charge is 2.32. The van der Waals surface area contributed by atoms with Crippen LogP contribution in [0.5, 0.6) is 0 Å². The van der Waals surface area contributed by atoms with E-state index in [4.69, 9.17) is 4.74 Å². The van der Waals surface area contributed by atoms with E-state index in [0.29, 0.717) is 5.54 Å². The van der Waals surface area contributed by atoms with E-state index in [1.807, 2.05) is 11.8 Å². The van der Waals surface area contributed by atoms with Gasteiger partial charge in [-0.3, -0.25) is 0 Å². The van der Waals surface area contributed by atoms with Crippen LogP contribution in [0, 0.1) is 0 Å². The first kappa shape index (κ1) is 14.9. The van der Waals surface area contributed by atoms with E-state index >= 15 is 0 Å². The smallest absolute Gasteiger partial charge is 0.0479 e. The van der Waals surface area contributed by atoms with Gasteiger partial charge in [-0.2, -0.15) is 0 Å². The molecular formula is C16H25NOS. The number of hydrogen-bond donors (Lipinski definition) is 1. The molecule has 1 aliphatic rings. The fourth-order valence-corrected chi connectivity index (χ4v) is 3.66. The van der Waals surface area contributed by atoms with Crippen molar-refractivity contribution >= 4 is 11.8 Å². The molecule has 0 saturated heterocycles. The van der Waals surface area contributed by atoms with Crippen LogP contribution in [0.25, 0.3) is 0 Å². The standard InChI is InChI=1S/C16H25NOS/c1-18-13-11-16(9-5-6-10-16)17-12-14-19-15-7-3-2-4-8-15/h2-4,7-8,17H,5-6,9-14H2,1H3. The molecule has 0 amide bonds. The second-order valence-electron chi connectivity index (χ2n) is 5.32. The second-order valence-corrected chi connectivity index (χ2v) is 6.49. The first-order valence-electron chi connectivity index (χ1n) is 7.26. The number of ether oxygens (including phenoxy) is 1. The Morgan fingerprint density at radius 2 is 1.95 bits per heavy atom. The molecule has 0 aromatic heterocycles. The molecule has 1 saturated carbocycles. The molecule has 2 rings (SSSR count). The minimum absolute atomic E-state index is 0.354. The van der Waals surface area contributed by atoms with Crippen LogP contribution in [0.4, 0.5) is 0 Å². The van der Waals surface area contributed by atoms with Gasteiger partial charge in [0, 0.05) is 36.4 Å². The third kappa shape index (κ3) is 4.83. The number of methoxy groups -OCH3 is 1. The van der Waals surface area contributed by atoms with E-state index in [0.717, 1.165) is 25.3 Å². The Morgan fingerprint density at radius 1 is 1.21 bits per heavy atom. The van der Waals surface area contributed by atoms with Crippen LogP contribution < -0.4 is 5.32 Å². The van der Waals surface area contributed by atoms with Gasteiger partial charge in [-0.15, -0.1) is 11.8 Å². The SMILES string of the molecule is COCCC1(NCCSc2ccccc2)CCCC1. The predicted octanol–water partition coefficient (Wildman–Crippen LogP) is 3.72. The van der Waals surface area contributed by atoms with Crippen molar-refractivity contribution in [1.82, 2.24) is 5.32 Å². The number of thioether (sulfide) groups is 1. The summed E-state index contributed by atoms with van der Waals surface area (Å²) in [6.07, 6.45) is 6.50. The molecular weight excluding hydrogens is 254 g/mol. The van der Waals surface area contributed by atoms with Crippen LogP contribution in [0.2, 0.25) is 0 Å².